The molecule has 0 spiro atoms. The van der Waals surface area contributed by atoms with Gasteiger partial charge in [-0.2, -0.15) is 0 Å². The molecule has 0 saturated carbocycles. The Bertz CT molecular complexity index is 979. The van der Waals surface area contributed by atoms with Gasteiger partial charge in [-0.15, -0.1) is 0 Å². The van der Waals surface area contributed by atoms with Crippen molar-refractivity contribution in [2.45, 2.75) is 0 Å². The molecule has 0 radical (unpaired) electrons. The third-order valence-electron chi connectivity index (χ3n) is 3.32. The highest BCUT2D eigenvalue weighted by Gasteiger charge is 2.11. The first-order chi connectivity index (χ1) is 9.84. The summed E-state index contributed by atoms with van der Waals surface area (Å²) in [6.07, 6.45) is 1.75. The number of pyridine rings is 1. The van der Waals surface area contributed by atoms with Crippen LogP contribution in [0.2, 0.25) is 0 Å². The normalized spacial score (nSPS) is 11.2. The molecule has 0 bridgehead atoms. The maximum absolute atomic E-state index is 12.5. The van der Waals surface area contributed by atoms with Crippen LogP contribution in [0.15, 0.2) is 65.6 Å². The van der Waals surface area contributed by atoms with Crippen LogP contribution in [-0.4, -0.2) is 8.94 Å². The smallest absolute Gasteiger partial charge is 0.267 e. The molecule has 0 fully saturated rings. The number of aromatic nitrogens is 2. The quantitative estimate of drug-likeness (QED) is 0.533. The molecule has 2 heterocycles. The third-order valence-corrected chi connectivity index (χ3v) is 4.42. The molecule has 96 valence electrons. The van der Waals surface area contributed by atoms with Gasteiger partial charge in [0.05, 0.1) is 21.3 Å². The average molecular weight is 278 g/mol. The molecule has 3 nitrogen and oxygen atoms in total. The summed E-state index contributed by atoms with van der Waals surface area (Å²) in [5.41, 5.74) is 1.71. The van der Waals surface area contributed by atoms with Gasteiger partial charge in [0.1, 0.15) is 0 Å². The lowest BCUT2D eigenvalue weighted by atomic mass is 10.2. The molecule has 2 aromatic carbocycles. The molecule has 0 aliphatic carbocycles. The molecular formula is C16H10N2OS. The highest BCUT2D eigenvalue weighted by Crippen LogP contribution is 2.24. The number of rotatable bonds is 1. The summed E-state index contributed by atoms with van der Waals surface area (Å²) in [6, 6.07) is 17.5. The molecule has 0 amide bonds. The fourth-order valence-electron chi connectivity index (χ4n) is 2.38. The van der Waals surface area contributed by atoms with Crippen LogP contribution in [0.25, 0.3) is 26.7 Å². The summed E-state index contributed by atoms with van der Waals surface area (Å²) < 4.78 is 2.71. The Hall–Kier alpha value is -2.46. The van der Waals surface area contributed by atoms with Gasteiger partial charge < -0.3 is 0 Å². The summed E-state index contributed by atoms with van der Waals surface area (Å²) in [5, 5.41) is 1.79. The number of hydrogen-bond acceptors (Lipinski definition) is 3. The van der Waals surface area contributed by atoms with Crippen molar-refractivity contribution in [2.75, 3.05) is 0 Å². The molecule has 0 N–H and O–H groups in total. The lowest BCUT2D eigenvalue weighted by Gasteiger charge is -2.04. The molecule has 20 heavy (non-hydrogen) atoms. The van der Waals surface area contributed by atoms with Gasteiger partial charge in [0, 0.05) is 11.6 Å². The van der Waals surface area contributed by atoms with Crippen molar-refractivity contribution >= 4 is 32.5 Å². The number of benzene rings is 2. The van der Waals surface area contributed by atoms with E-state index in [9.17, 15) is 4.79 Å². The summed E-state index contributed by atoms with van der Waals surface area (Å²) in [7, 11) is 0. The van der Waals surface area contributed by atoms with Crippen LogP contribution in [0.5, 0.6) is 0 Å². The molecule has 0 unspecified atom stereocenters. The van der Waals surface area contributed by atoms with E-state index in [1.807, 2.05) is 54.6 Å². The molecule has 0 aliphatic heterocycles. The minimum atomic E-state index is 0.0174. The van der Waals surface area contributed by atoms with Crippen LogP contribution in [0.4, 0.5) is 0 Å². The zero-order chi connectivity index (χ0) is 13.5. The predicted molar refractivity (Wildman–Crippen MR) is 82.7 cm³/mol. The molecule has 4 heteroatoms. The van der Waals surface area contributed by atoms with Crippen LogP contribution in [-0.2, 0) is 0 Å². The van der Waals surface area contributed by atoms with Gasteiger partial charge in [0.25, 0.3) is 5.56 Å². The maximum atomic E-state index is 12.5. The van der Waals surface area contributed by atoms with Gasteiger partial charge in [0.2, 0.25) is 0 Å². The van der Waals surface area contributed by atoms with E-state index in [0.29, 0.717) is 0 Å². The fraction of sp³-hybridized carbons (Fsp3) is 0. The lowest BCUT2D eigenvalue weighted by Crippen LogP contribution is -2.11. The predicted octanol–water partition coefficient (Wildman–Crippen LogP) is 3.60. The molecule has 4 aromatic rings. The second-order valence-electron chi connectivity index (χ2n) is 4.54. The van der Waals surface area contributed by atoms with Gasteiger partial charge in [-0.05, 0) is 24.3 Å². The molecule has 2 aromatic heterocycles. The Morgan fingerprint density at radius 3 is 2.70 bits per heavy atom. The van der Waals surface area contributed by atoms with Crippen molar-refractivity contribution in [3.8, 4) is 5.69 Å². The van der Waals surface area contributed by atoms with Gasteiger partial charge >= 0.3 is 0 Å². The topological polar surface area (TPSA) is 34.9 Å². The maximum Gasteiger partial charge on any atom is 0.273 e. The Morgan fingerprint density at radius 2 is 1.80 bits per heavy atom. The Morgan fingerprint density at radius 1 is 0.950 bits per heavy atom. The van der Waals surface area contributed by atoms with E-state index in [-0.39, 0.29) is 5.56 Å². The summed E-state index contributed by atoms with van der Waals surface area (Å²) >= 11 is 1.46. The lowest BCUT2D eigenvalue weighted by molar-refractivity contribution is 1.15. The molecule has 0 atom stereocenters. The first kappa shape index (κ1) is 11.4. The first-order valence-corrected chi connectivity index (χ1v) is 7.07. The summed E-state index contributed by atoms with van der Waals surface area (Å²) in [4.78, 5) is 16.9. The highest BCUT2D eigenvalue weighted by molar-refractivity contribution is 7.14. The molecule has 0 aliphatic rings. The molecule has 0 saturated heterocycles. The number of para-hydroxylation sites is 1. The van der Waals surface area contributed by atoms with Gasteiger partial charge in [-0.25, -0.2) is 3.96 Å². The van der Waals surface area contributed by atoms with Crippen LogP contribution in [0, 0.1) is 0 Å². The number of hydrogen-bond donors (Lipinski definition) is 0. The average Bonchev–Trinajstić information content (AvgIpc) is 2.84. The van der Waals surface area contributed by atoms with Crippen molar-refractivity contribution in [1.82, 2.24) is 8.94 Å². The highest BCUT2D eigenvalue weighted by atomic mass is 32.1. The van der Waals surface area contributed by atoms with E-state index < -0.39 is 0 Å². The van der Waals surface area contributed by atoms with Crippen molar-refractivity contribution in [2.24, 2.45) is 0 Å². The van der Waals surface area contributed by atoms with E-state index in [1.165, 1.54) is 11.5 Å². The third kappa shape index (κ3) is 1.58. The van der Waals surface area contributed by atoms with Crippen molar-refractivity contribution in [1.29, 1.82) is 0 Å². The second kappa shape index (κ2) is 4.28. The van der Waals surface area contributed by atoms with E-state index in [0.717, 1.165) is 26.7 Å². The van der Waals surface area contributed by atoms with E-state index in [4.69, 9.17) is 0 Å². The minimum absolute atomic E-state index is 0.0174. The van der Waals surface area contributed by atoms with Gasteiger partial charge in [-0.3, -0.25) is 9.78 Å². The van der Waals surface area contributed by atoms with Gasteiger partial charge in [-0.1, -0.05) is 41.9 Å². The number of nitrogens with zero attached hydrogens (tertiary/aromatic N) is 2. The second-order valence-corrected chi connectivity index (χ2v) is 5.53. The number of fused-ring (bicyclic) bond motifs is 2. The zero-order valence-electron chi connectivity index (χ0n) is 10.5. The monoisotopic (exact) mass is 278 g/mol. The minimum Gasteiger partial charge on any atom is -0.267 e. The van der Waals surface area contributed by atoms with Crippen LogP contribution in [0.3, 0.4) is 0 Å². The fourth-order valence-corrected chi connectivity index (χ4v) is 3.40. The van der Waals surface area contributed by atoms with Crippen molar-refractivity contribution in [3.05, 3.63) is 71.1 Å². The largest absolute Gasteiger partial charge is 0.273 e. The van der Waals surface area contributed by atoms with Crippen molar-refractivity contribution < 1.29 is 0 Å². The summed E-state index contributed by atoms with van der Waals surface area (Å²) in [6.45, 7) is 0. The Balaban J connectivity index is 2.12. The van der Waals surface area contributed by atoms with E-state index in [2.05, 4.69) is 4.98 Å². The zero-order valence-corrected chi connectivity index (χ0v) is 11.3. The van der Waals surface area contributed by atoms with Gasteiger partial charge in [0.15, 0.2) is 0 Å². The Labute approximate surface area is 118 Å². The molecular weight excluding hydrogens is 268 g/mol. The summed E-state index contributed by atoms with van der Waals surface area (Å²) in [5.74, 6) is 0. The molecule has 4 rings (SSSR count). The van der Waals surface area contributed by atoms with E-state index >= 15 is 0 Å². The Kier molecular flexibility index (Phi) is 2.44. The first-order valence-electron chi connectivity index (χ1n) is 6.30. The standard InChI is InChI=1S/C16H10N2OS/c19-16-12-7-1-2-9-14(12)20-18(16)13-8-3-5-11-6-4-10-17-15(11)13/h1-10H. The van der Waals surface area contributed by atoms with Crippen LogP contribution in [0.1, 0.15) is 0 Å². The van der Waals surface area contributed by atoms with E-state index in [1.54, 1.807) is 10.2 Å². The van der Waals surface area contributed by atoms with Crippen LogP contribution < -0.4 is 5.56 Å². The SMILES string of the molecule is O=c1c2ccccc2sn1-c1cccc2cccnc12. The van der Waals surface area contributed by atoms with Crippen LogP contribution >= 0.6 is 11.5 Å². The van der Waals surface area contributed by atoms with Crippen molar-refractivity contribution in [3.63, 3.8) is 0 Å².